The van der Waals surface area contributed by atoms with E-state index in [0.717, 1.165) is 17.0 Å². The maximum Gasteiger partial charge on any atom is 0.271 e. The molecule has 0 unspecified atom stereocenters. The van der Waals surface area contributed by atoms with Gasteiger partial charge in [-0.1, -0.05) is 36.4 Å². The molecule has 2 aromatic carbocycles. The monoisotopic (exact) mass is 444 g/mol. The zero-order valence-electron chi connectivity index (χ0n) is 17.9. The zero-order valence-corrected chi connectivity index (χ0v) is 17.9. The molecule has 0 spiro atoms. The van der Waals surface area contributed by atoms with Crippen molar-refractivity contribution in [2.75, 3.05) is 5.32 Å². The standard InChI is InChI=1S/C23H20N6O4/c1-15-11-16(2)28(26-15)23-25-20(17-7-4-3-5-8-17)13-22(31)27(23)14-21(30)24-18-9-6-10-19(12-18)29(32)33/h3-13H,14H2,1-2H3,(H,24,30). The first-order valence-electron chi connectivity index (χ1n) is 10.1. The molecule has 0 bridgehead atoms. The van der Waals surface area contributed by atoms with Gasteiger partial charge in [-0.15, -0.1) is 0 Å². The lowest BCUT2D eigenvalue weighted by molar-refractivity contribution is -0.384. The first-order valence-corrected chi connectivity index (χ1v) is 10.1. The number of carbonyl (C=O) groups excluding carboxylic acids is 1. The molecule has 166 valence electrons. The van der Waals surface area contributed by atoms with Crippen LogP contribution in [0.5, 0.6) is 0 Å². The van der Waals surface area contributed by atoms with Gasteiger partial charge in [0.25, 0.3) is 11.2 Å². The summed E-state index contributed by atoms with van der Waals surface area (Å²) in [5, 5.41) is 18.0. The van der Waals surface area contributed by atoms with Crippen molar-refractivity contribution in [2.45, 2.75) is 20.4 Å². The number of nitro benzene ring substituents is 1. The molecule has 4 aromatic rings. The van der Waals surface area contributed by atoms with Crippen LogP contribution in [0.3, 0.4) is 0 Å². The van der Waals surface area contributed by atoms with Crippen molar-refractivity contribution in [3.63, 3.8) is 0 Å². The summed E-state index contributed by atoms with van der Waals surface area (Å²) in [5.41, 5.74) is 2.37. The van der Waals surface area contributed by atoms with Crippen LogP contribution in [0.25, 0.3) is 17.2 Å². The molecule has 10 heteroatoms. The second-order valence-electron chi connectivity index (χ2n) is 7.43. The van der Waals surface area contributed by atoms with Gasteiger partial charge in [0, 0.05) is 35.1 Å². The Labute approximate surface area is 188 Å². The van der Waals surface area contributed by atoms with Gasteiger partial charge in [-0.3, -0.25) is 24.3 Å². The molecule has 0 aliphatic carbocycles. The fourth-order valence-corrected chi connectivity index (χ4v) is 3.43. The lowest BCUT2D eigenvalue weighted by atomic mass is 10.1. The highest BCUT2D eigenvalue weighted by molar-refractivity contribution is 5.91. The fraction of sp³-hybridized carbons (Fsp3) is 0.130. The summed E-state index contributed by atoms with van der Waals surface area (Å²) in [6, 6.07) is 18.0. The van der Waals surface area contributed by atoms with Crippen LogP contribution in [-0.2, 0) is 11.3 Å². The van der Waals surface area contributed by atoms with E-state index in [1.807, 2.05) is 50.2 Å². The molecule has 0 radical (unpaired) electrons. The second kappa shape index (κ2) is 8.87. The van der Waals surface area contributed by atoms with E-state index in [9.17, 15) is 19.7 Å². The molecule has 0 saturated heterocycles. The Morgan fingerprint density at radius 2 is 1.82 bits per heavy atom. The molecule has 2 aromatic heterocycles. The van der Waals surface area contributed by atoms with Crippen molar-refractivity contribution in [3.05, 3.63) is 98.6 Å². The Kier molecular flexibility index (Phi) is 5.81. The molecular formula is C23H20N6O4. The number of aromatic nitrogens is 4. The van der Waals surface area contributed by atoms with Gasteiger partial charge >= 0.3 is 0 Å². The number of non-ortho nitro benzene ring substituents is 1. The first-order chi connectivity index (χ1) is 15.8. The topological polar surface area (TPSA) is 125 Å². The smallest absolute Gasteiger partial charge is 0.271 e. The zero-order chi connectivity index (χ0) is 23.5. The van der Waals surface area contributed by atoms with Crippen molar-refractivity contribution in [1.82, 2.24) is 19.3 Å². The highest BCUT2D eigenvalue weighted by atomic mass is 16.6. The molecule has 0 fully saturated rings. The van der Waals surface area contributed by atoms with Gasteiger partial charge in [0.05, 0.1) is 16.3 Å². The van der Waals surface area contributed by atoms with E-state index in [0.29, 0.717) is 5.69 Å². The number of carbonyl (C=O) groups is 1. The van der Waals surface area contributed by atoms with E-state index >= 15 is 0 Å². The molecule has 1 amide bonds. The number of amides is 1. The summed E-state index contributed by atoms with van der Waals surface area (Å²) in [6.07, 6.45) is 0. The van der Waals surface area contributed by atoms with E-state index in [2.05, 4.69) is 15.4 Å². The third kappa shape index (κ3) is 4.69. The number of anilines is 1. The van der Waals surface area contributed by atoms with Crippen LogP contribution < -0.4 is 10.9 Å². The van der Waals surface area contributed by atoms with Gasteiger partial charge in [0.15, 0.2) is 0 Å². The van der Waals surface area contributed by atoms with Gasteiger partial charge in [-0.25, -0.2) is 9.67 Å². The Morgan fingerprint density at radius 1 is 1.06 bits per heavy atom. The molecule has 10 nitrogen and oxygen atoms in total. The number of benzene rings is 2. The van der Waals surface area contributed by atoms with Gasteiger partial charge in [-0.05, 0) is 26.0 Å². The highest BCUT2D eigenvalue weighted by Crippen LogP contribution is 2.19. The molecular weight excluding hydrogens is 424 g/mol. The highest BCUT2D eigenvalue weighted by Gasteiger charge is 2.18. The van der Waals surface area contributed by atoms with Crippen molar-refractivity contribution in [3.8, 4) is 17.2 Å². The summed E-state index contributed by atoms with van der Waals surface area (Å²) in [5.74, 6) is -0.337. The van der Waals surface area contributed by atoms with E-state index in [-0.39, 0.29) is 23.9 Å². The van der Waals surface area contributed by atoms with Crippen LogP contribution in [0.2, 0.25) is 0 Å². The quantitative estimate of drug-likeness (QED) is 0.359. The Hall–Kier alpha value is -4.60. The van der Waals surface area contributed by atoms with E-state index in [1.165, 1.54) is 39.6 Å². The molecule has 1 N–H and O–H groups in total. The predicted octanol–water partition coefficient (Wildman–Crippen LogP) is 3.26. The summed E-state index contributed by atoms with van der Waals surface area (Å²) < 4.78 is 2.74. The van der Waals surface area contributed by atoms with Gasteiger partial charge in [-0.2, -0.15) is 5.10 Å². The maximum atomic E-state index is 13.1. The van der Waals surface area contributed by atoms with Gasteiger partial charge in [0.2, 0.25) is 11.9 Å². The molecule has 33 heavy (non-hydrogen) atoms. The third-order valence-corrected chi connectivity index (χ3v) is 4.90. The fourth-order valence-electron chi connectivity index (χ4n) is 3.43. The van der Waals surface area contributed by atoms with E-state index < -0.39 is 16.4 Å². The minimum Gasteiger partial charge on any atom is -0.324 e. The van der Waals surface area contributed by atoms with Crippen LogP contribution in [0.4, 0.5) is 11.4 Å². The number of aryl methyl sites for hydroxylation is 2. The Morgan fingerprint density at radius 3 is 2.48 bits per heavy atom. The summed E-state index contributed by atoms with van der Waals surface area (Å²) in [4.78, 5) is 40.9. The third-order valence-electron chi connectivity index (χ3n) is 4.90. The first kappa shape index (κ1) is 21.6. The molecule has 4 rings (SSSR count). The van der Waals surface area contributed by atoms with Crippen LogP contribution in [0.15, 0.2) is 71.5 Å². The Balaban J connectivity index is 1.73. The number of nitrogens with zero attached hydrogens (tertiary/aromatic N) is 5. The number of rotatable bonds is 6. The Bertz CT molecular complexity index is 1410. The summed E-state index contributed by atoms with van der Waals surface area (Å²) in [6.45, 7) is 3.30. The summed E-state index contributed by atoms with van der Waals surface area (Å²) >= 11 is 0. The summed E-state index contributed by atoms with van der Waals surface area (Å²) in [7, 11) is 0. The molecule has 0 atom stereocenters. The minimum absolute atomic E-state index is 0.151. The largest absolute Gasteiger partial charge is 0.324 e. The maximum absolute atomic E-state index is 13.1. The number of nitrogens with one attached hydrogen (secondary N) is 1. The lowest BCUT2D eigenvalue weighted by Gasteiger charge is -2.14. The normalized spacial score (nSPS) is 10.7. The average molecular weight is 444 g/mol. The van der Waals surface area contributed by atoms with Gasteiger partial charge in [0.1, 0.15) is 6.54 Å². The number of hydrogen-bond acceptors (Lipinski definition) is 6. The average Bonchev–Trinajstić information content (AvgIpc) is 3.13. The van der Waals surface area contributed by atoms with Crippen molar-refractivity contribution in [1.29, 1.82) is 0 Å². The van der Waals surface area contributed by atoms with E-state index in [1.54, 1.807) is 0 Å². The molecule has 0 aliphatic rings. The van der Waals surface area contributed by atoms with E-state index in [4.69, 9.17) is 0 Å². The number of hydrogen-bond donors (Lipinski definition) is 1. The minimum atomic E-state index is -0.548. The van der Waals surface area contributed by atoms with Crippen molar-refractivity contribution < 1.29 is 9.72 Å². The molecule has 0 aliphatic heterocycles. The van der Waals surface area contributed by atoms with Crippen LogP contribution in [0, 0.1) is 24.0 Å². The van der Waals surface area contributed by atoms with Crippen LogP contribution >= 0.6 is 0 Å². The van der Waals surface area contributed by atoms with Gasteiger partial charge < -0.3 is 5.32 Å². The van der Waals surface area contributed by atoms with Crippen LogP contribution in [0.1, 0.15) is 11.4 Å². The molecule has 0 saturated carbocycles. The van der Waals surface area contributed by atoms with Crippen molar-refractivity contribution in [2.24, 2.45) is 0 Å². The number of nitro groups is 1. The lowest BCUT2D eigenvalue weighted by Crippen LogP contribution is -2.31. The molecule has 2 heterocycles. The predicted molar refractivity (Wildman–Crippen MR) is 122 cm³/mol. The SMILES string of the molecule is Cc1cc(C)n(-c2nc(-c3ccccc3)cc(=O)n2CC(=O)Nc2cccc([N+](=O)[O-])c2)n1. The second-order valence-corrected chi connectivity index (χ2v) is 7.43. The van der Waals surface area contributed by atoms with Crippen LogP contribution in [-0.4, -0.2) is 30.2 Å². The van der Waals surface area contributed by atoms with Crippen molar-refractivity contribution >= 4 is 17.3 Å².